The fourth-order valence-corrected chi connectivity index (χ4v) is 11.2. The molecule has 18 heteroatoms. The minimum atomic E-state index is -3.09. The molecular formula is C48H49N3O13S2. The second kappa shape index (κ2) is 19.3. The predicted molar refractivity (Wildman–Crippen MR) is 248 cm³/mol. The number of H-pyrrole nitrogens is 1. The highest BCUT2D eigenvalue weighted by atomic mass is 33.1. The van der Waals surface area contributed by atoms with E-state index < -0.39 is 59.0 Å². The number of rotatable bonds is 10. The van der Waals surface area contributed by atoms with E-state index in [2.05, 4.69) is 54.5 Å². The lowest BCUT2D eigenvalue weighted by molar-refractivity contribution is -0.364. The summed E-state index contributed by atoms with van der Waals surface area (Å²) in [6.45, 7) is 4.27. The summed E-state index contributed by atoms with van der Waals surface area (Å²) in [5.74, 6) is -3.67. The van der Waals surface area contributed by atoms with Crippen LogP contribution in [0.3, 0.4) is 0 Å². The number of carbonyl (C=O) groups excluding carboxylic acids is 2. The highest BCUT2D eigenvalue weighted by molar-refractivity contribution is 8.76. The number of hydrogen-bond donors (Lipinski definition) is 8. The van der Waals surface area contributed by atoms with Gasteiger partial charge < -0.3 is 54.9 Å². The Kier molecular flexibility index (Phi) is 13.7. The number of primary amides is 1. The molecule has 2 aromatic heterocycles. The van der Waals surface area contributed by atoms with E-state index in [1.54, 1.807) is 0 Å². The fraction of sp³-hybridized carbons (Fsp3) is 0.333. The Hall–Kier alpha value is -5.70. The molecule has 0 radical (unpaired) electrons. The van der Waals surface area contributed by atoms with Gasteiger partial charge in [-0.05, 0) is 88.3 Å². The number of aromatic hydroxyl groups is 1. The third-order valence-corrected chi connectivity index (χ3v) is 14.9. The highest BCUT2D eigenvalue weighted by Crippen LogP contribution is 2.46. The number of aromatic amines is 1. The normalized spacial score (nSPS) is 29.2. The highest BCUT2D eigenvalue weighted by Gasteiger charge is 2.72. The maximum atomic E-state index is 13.9. The average Bonchev–Trinajstić information content (AvgIpc) is 3.85. The van der Waals surface area contributed by atoms with Gasteiger partial charge in [0.05, 0.1) is 10.9 Å². The van der Waals surface area contributed by atoms with Gasteiger partial charge >= 0.3 is 5.97 Å². The number of aliphatic carboxylic acids is 1. The monoisotopic (exact) mass is 939 g/mol. The number of allylic oxidation sites excluding steroid dienone is 4. The van der Waals surface area contributed by atoms with Crippen LogP contribution in [0, 0.1) is 11.8 Å². The lowest BCUT2D eigenvalue weighted by Gasteiger charge is -2.55. The van der Waals surface area contributed by atoms with Gasteiger partial charge in [0.25, 0.3) is 5.91 Å². The lowest BCUT2D eigenvalue weighted by atomic mass is 9.72. The third-order valence-electron chi connectivity index (χ3n) is 12.9. The van der Waals surface area contributed by atoms with Gasteiger partial charge in [-0.3, -0.25) is 19.7 Å². The maximum Gasteiger partial charge on any atom is 0.335 e. The second-order valence-corrected chi connectivity index (χ2v) is 19.2. The van der Waals surface area contributed by atoms with E-state index in [0.717, 1.165) is 33.6 Å². The molecule has 10 unspecified atom stereocenters. The van der Waals surface area contributed by atoms with E-state index in [1.807, 2.05) is 30.6 Å². The quantitative estimate of drug-likeness (QED) is 0.0655. The molecule has 16 nitrogen and oxygen atoms in total. The van der Waals surface area contributed by atoms with E-state index >= 15 is 0 Å². The van der Waals surface area contributed by atoms with Crippen LogP contribution in [0.15, 0.2) is 113 Å². The number of carboxylic acids is 1. The molecule has 0 spiro atoms. The SMILES string of the molecule is CC1C=CC(=CCC(C)C2CNC(O)C3(O)C(Oc4ccc5c(=O)c(-c6ccc(O)cc6)c(C(N)=O)oc5c4)OC(C(=O)O)C(O)C3(C=O)OCSSCC2c2cc[nH]c2)c2ccccc21. The number of hydrogen-bond acceptors (Lipinski definition) is 15. The van der Waals surface area contributed by atoms with Crippen molar-refractivity contribution in [3.63, 3.8) is 0 Å². The molecule has 1 amide bonds. The lowest BCUT2D eigenvalue weighted by Crippen LogP contribution is -2.82. The van der Waals surface area contributed by atoms with Gasteiger partial charge in [-0.25, -0.2) is 4.79 Å². The number of aliphatic hydroxyl groups is 3. The summed E-state index contributed by atoms with van der Waals surface area (Å²) in [4.78, 5) is 55.8. The molecule has 0 bridgehead atoms. The number of nitrogens with one attached hydrogen (secondary N) is 2. The van der Waals surface area contributed by atoms with Gasteiger partial charge in [0, 0.05) is 30.8 Å². The number of benzene rings is 3. The van der Waals surface area contributed by atoms with Crippen LogP contribution in [-0.2, 0) is 19.1 Å². The maximum absolute atomic E-state index is 13.9. The third kappa shape index (κ3) is 8.59. The molecule has 3 aliphatic rings. The molecule has 2 saturated heterocycles. The number of phenolic OH excluding ortho intramolecular Hbond substituents is 1. The predicted octanol–water partition coefficient (Wildman–Crippen LogP) is 5.27. The molecule has 4 heterocycles. The van der Waals surface area contributed by atoms with E-state index in [9.17, 15) is 44.7 Å². The van der Waals surface area contributed by atoms with Crippen molar-refractivity contribution in [3.05, 3.63) is 136 Å². The van der Waals surface area contributed by atoms with Gasteiger partial charge in [-0.1, -0.05) is 90.1 Å². The first-order valence-corrected chi connectivity index (χ1v) is 23.7. The van der Waals surface area contributed by atoms with Crippen LogP contribution in [0.2, 0.25) is 0 Å². The minimum Gasteiger partial charge on any atom is -0.508 e. The fourth-order valence-electron chi connectivity index (χ4n) is 9.16. The van der Waals surface area contributed by atoms with Crippen LogP contribution < -0.4 is 21.2 Å². The van der Waals surface area contributed by atoms with Crippen LogP contribution in [-0.4, -0.2) is 103 Å². The summed E-state index contributed by atoms with van der Waals surface area (Å²) in [6, 6.07) is 19.4. The zero-order chi connectivity index (χ0) is 46.9. The molecule has 66 heavy (non-hydrogen) atoms. The van der Waals surface area contributed by atoms with Gasteiger partial charge in [-0.2, -0.15) is 0 Å². The van der Waals surface area contributed by atoms with Gasteiger partial charge in [0.2, 0.25) is 23.1 Å². The number of amides is 1. The molecule has 8 rings (SSSR count). The summed E-state index contributed by atoms with van der Waals surface area (Å²) in [7, 11) is 2.58. The molecule has 346 valence electrons. The smallest absolute Gasteiger partial charge is 0.335 e. The molecule has 5 aromatic rings. The van der Waals surface area contributed by atoms with Crippen LogP contribution in [0.1, 0.15) is 59.3 Å². The number of carbonyl (C=O) groups is 3. The van der Waals surface area contributed by atoms with Crippen molar-refractivity contribution in [2.75, 3.05) is 18.2 Å². The largest absolute Gasteiger partial charge is 0.508 e. The Morgan fingerprint density at radius 1 is 1.08 bits per heavy atom. The van der Waals surface area contributed by atoms with Crippen molar-refractivity contribution in [1.82, 2.24) is 10.3 Å². The Morgan fingerprint density at radius 2 is 1.85 bits per heavy atom. The molecule has 3 aromatic carbocycles. The number of aromatic nitrogens is 1. The number of aliphatic hydroxyl groups excluding tert-OH is 2. The zero-order valence-electron chi connectivity index (χ0n) is 35.7. The summed E-state index contributed by atoms with van der Waals surface area (Å²) in [5.41, 5.74) is 3.30. The summed E-state index contributed by atoms with van der Waals surface area (Å²) < 4.78 is 23.8. The average molecular weight is 940 g/mol. The number of phenols is 1. The Bertz CT molecular complexity index is 2730. The van der Waals surface area contributed by atoms with Crippen molar-refractivity contribution in [2.24, 2.45) is 17.6 Å². The molecule has 10 atom stereocenters. The van der Waals surface area contributed by atoms with E-state index in [-0.39, 0.29) is 76.0 Å². The van der Waals surface area contributed by atoms with E-state index in [1.165, 1.54) is 52.8 Å². The Labute approximate surface area is 386 Å². The molecule has 9 N–H and O–H groups in total. The van der Waals surface area contributed by atoms with Gasteiger partial charge in [0.1, 0.15) is 35.4 Å². The molecular weight excluding hydrogens is 891 g/mol. The number of carboxylic acid groups (broad SMARTS) is 1. The Morgan fingerprint density at radius 3 is 2.56 bits per heavy atom. The first-order chi connectivity index (χ1) is 31.7. The zero-order valence-corrected chi connectivity index (χ0v) is 37.4. The number of aldehydes is 1. The van der Waals surface area contributed by atoms with Crippen LogP contribution in [0.4, 0.5) is 0 Å². The van der Waals surface area contributed by atoms with Crippen LogP contribution in [0.5, 0.6) is 11.5 Å². The summed E-state index contributed by atoms with van der Waals surface area (Å²) in [6.07, 6.45) is 1.81. The van der Waals surface area contributed by atoms with Crippen molar-refractivity contribution in [3.8, 4) is 22.6 Å². The van der Waals surface area contributed by atoms with Crippen molar-refractivity contribution >= 4 is 56.3 Å². The second-order valence-electron chi connectivity index (χ2n) is 16.7. The number of ether oxygens (including phenoxy) is 3. The summed E-state index contributed by atoms with van der Waals surface area (Å²) >= 11 is 0. The molecule has 2 fully saturated rings. The van der Waals surface area contributed by atoms with E-state index in [0.29, 0.717) is 12.2 Å². The van der Waals surface area contributed by atoms with Crippen molar-refractivity contribution < 1.29 is 58.5 Å². The molecule has 1 aliphatic carbocycles. The first-order valence-electron chi connectivity index (χ1n) is 21.2. The van der Waals surface area contributed by atoms with Gasteiger partial charge in [-0.15, -0.1) is 0 Å². The topological polar surface area (TPSA) is 264 Å². The van der Waals surface area contributed by atoms with Crippen molar-refractivity contribution in [1.29, 1.82) is 0 Å². The first kappa shape index (κ1) is 46.8. The Balaban J connectivity index is 1.17. The molecule has 0 saturated carbocycles. The number of fused-ring (bicyclic) bond motifs is 3. The van der Waals surface area contributed by atoms with E-state index in [4.69, 9.17) is 24.4 Å². The van der Waals surface area contributed by atoms with Crippen molar-refractivity contribution in [2.45, 2.75) is 68.0 Å². The van der Waals surface area contributed by atoms with Crippen LogP contribution in [0.25, 0.3) is 27.7 Å². The minimum absolute atomic E-state index is 0.0266. The van der Waals surface area contributed by atoms with Crippen LogP contribution >= 0.6 is 21.6 Å². The summed E-state index contributed by atoms with van der Waals surface area (Å²) in [5, 5.41) is 59.9. The standard InChI is InChI=1S/C48H49N3O13S2/c1-25-7-9-27(33-6-4-3-5-32(25)33)10-8-26(2)35-21-51-45(59)48(60)46(64-41(44(57)58)42(55)47(48,23-52)61-24-66-65-22-36(35)29-17-18-50-20-29)62-31-15-16-34-37(19-31)63-40(43(49)56)38(39(34)54)28-11-13-30(53)14-12-28/h3-7,9-20,23,25-26,35-36,41-42,45-46,50-51,53,55,59-60H,8,21-22,24H2,1-2H3,(H2,49,56)(H,57,58). The van der Waals surface area contributed by atoms with Gasteiger partial charge in [0.15, 0.2) is 18.0 Å². The number of nitrogens with two attached hydrogens (primary N) is 1. The molecule has 2 aliphatic heterocycles.